The van der Waals surface area contributed by atoms with Gasteiger partial charge >= 0.3 is 5.97 Å². The number of aromatic nitrogens is 4. The van der Waals surface area contributed by atoms with Crippen molar-refractivity contribution in [1.82, 2.24) is 25.1 Å². The average molecular weight is 450 g/mol. The molecule has 32 heavy (non-hydrogen) atoms. The molecule has 2 aromatic heterocycles. The highest BCUT2D eigenvalue weighted by atomic mass is 32.2. The Kier molecular flexibility index (Phi) is 5.99. The highest BCUT2D eigenvalue weighted by Gasteiger charge is 2.14. The molecule has 0 unspecified atom stereocenters. The van der Waals surface area contributed by atoms with Crippen LogP contribution in [0, 0.1) is 0 Å². The van der Waals surface area contributed by atoms with Crippen LogP contribution in [0.15, 0.2) is 53.7 Å². The van der Waals surface area contributed by atoms with Crippen LogP contribution in [-0.2, 0) is 16.6 Å². The molecule has 0 bridgehead atoms. The molecular formula is C21H18N6O4S. The van der Waals surface area contributed by atoms with Crippen molar-refractivity contribution in [3.63, 3.8) is 0 Å². The van der Waals surface area contributed by atoms with Crippen LogP contribution in [0.1, 0.15) is 10.4 Å². The summed E-state index contributed by atoms with van der Waals surface area (Å²) < 4.78 is 1.94. The number of thioether (sulfide) groups is 1. The van der Waals surface area contributed by atoms with Crippen molar-refractivity contribution in [2.24, 2.45) is 7.05 Å². The molecule has 10 nitrogen and oxygen atoms in total. The zero-order valence-electron chi connectivity index (χ0n) is 16.9. The van der Waals surface area contributed by atoms with Crippen molar-refractivity contribution >= 4 is 57.3 Å². The predicted octanol–water partition coefficient (Wildman–Crippen LogP) is 2.06. The minimum absolute atomic E-state index is 0.0813. The zero-order chi connectivity index (χ0) is 22.7. The fourth-order valence-corrected chi connectivity index (χ4v) is 3.73. The van der Waals surface area contributed by atoms with E-state index in [1.54, 1.807) is 12.1 Å². The van der Waals surface area contributed by atoms with Gasteiger partial charge in [-0.3, -0.25) is 14.4 Å². The predicted molar refractivity (Wildman–Crippen MR) is 120 cm³/mol. The third-order valence-corrected chi connectivity index (χ3v) is 5.49. The first kappa shape index (κ1) is 21.2. The molecule has 0 aliphatic rings. The lowest BCUT2D eigenvalue weighted by molar-refractivity contribution is -0.135. The number of rotatable bonds is 7. The molecule has 0 saturated carbocycles. The van der Waals surface area contributed by atoms with Crippen LogP contribution in [0.2, 0.25) is 0 Å². The number of carbonyl (C=O) groups excluding carboxylic acids is 2. The van der Waals surface area contributed by atoms with Gasteiger partial charge in [-0.25, -0.2) is 4.98 Å². The van der Waals surface area contributed by atoms with E-state index >= 15 is 0 Å². The van der Waals surface area contributed by atoms with Gasteiger partial charge in [-0.1, -0.05) is 30.0 Å². The Morgan fingerprint density at radius 1 is 1.06 bits per heavy atom. The fraction of sp³-hybridized carbons (Fsp3) is 0.143. The van der Waals surface area contributed by atoms with E-state index in [0.717, 1.165) is 10.9 Å². The Morgan fingerprint density at radius 3 is 2.56 bits per heavy atom. The maximum Gasteiger partial charge on any atom is 0.322 e. The largest absolute Gasteiger partial charge is 0.480 e. The van der Waals surface area contributed by atoms with Gasteiger partial charge in [-0.05, 0) is 30.3 Å². The number of nitrogens with zero attached hydrogens (tertiary/aromatic N) is 4. The number of carbonyl (C=O) groups is 3. The number of hydrogen-bond acceptors (Lipinski definition) is 7. The van der Waals surface area contributed by atoms with Gasteiger partial charge in [0.1, 0.15) is 12.1 Å². The SMILES string of the molecule is Cn1c2ccccc2c2nnc(SCC(=O)Nc3ccc(C(=O)NCC(=O)O)cc3)nc21. The molecule has 4 rings (SSSR count). The van der Waals surface area contributed by atoms with E-state index < -0.39 is 18.4 Å². The zero-order valence-corrected chi connectivity index (χ0v) is 17.7. The molecule has 2 heterocycles. The molecule has 3 N–H and O–H groups in total. The molecule has 0 aliphatic heterocycles. The second kappa shape index (κ2) is 9.02. The van der Waals surface area contributed by atoms with Gasteiger partial charge < -0.3 is 20.3 Å². The topological polar surface area (TPSA) is 139 Å². The monoisotopic (exact) mass is 450 g/mol. The minimum Gasteiger partial charge on any atom is -0.480 e. The summed E-state index contributed by atoms with van der Waals surface area (Å²) in [5.41, 5.74) is 3.21. The first-order chi connectivity index (χ1) is 15.4. The number of fused-ring (bicyclic) bond motifs is 3. The molecule has 0 saturated heterocycles. The summed E-state index contributed by atoms with van der Waals surface area (Å²) in [4.78, 5) is 39.2. The molecule has 2 aromatic carbocycles. The van der Waals surface area contributed by atoms with Gasteiger partial charge in [0.15, 0.2) is 5.65 Å². The van der Waals surface area contributed by atoms with Crippen LogP contribution in [0.5, 0.6) is 0 Å². The van der Waals surface area contributed by atoms with Crippen molar-refractivity contribution in [1.29, 1.82) is 0 Å². The number of aryl methyl sites for hydroxylation is 1. The number of anilines is 1. The average Bonchev–Trinajstić information content (AvgIpc) is 3.08. The lowest BCUT2D eigenvalue weighted by atomic mass is 10.2. The second-order valence-electron chi connectivity index (χ2n) is 6.83. The van der Waals surface area contributed by atoms with Gasteiger partial charge in [0.05, 0.1) is 11.3 Å². The summed E-state index contributed by atoms with van der Waals surface area (Å²) in [6, 6.07) is 14.0. The van der Waals surface area contributed by atoms with Gasteiger partial charge in [-0.15, -0.1) is 10.2 Å². The molecule has 11 heteroatoms. The summed E-state index contributed by atoms with van der Waals surface area (Å²) >= 11 is 1.17. The Labute approximate surface area is 186 Å². The van der Waals surface area contributed by atoms with E-state index in [-0.39, 0.29) is 11.7 Å². The highest BCUT2D eigenvalue weighted by molar-refractivity contribution is 7.99. The molecular weight excluding hydrogens is 432 g/mol. The smallest absolute Gasteiger partial charge is 0.322 e. The van der Waals surface area contributed by atoms with Gasteiger partial charge in [0.25, 0.3) is 5.91 Å². The molecule has 0 atom stereocenters. The van der Waals surface area contributed by atoms with E-state index in [4.69, 9.17) is 5.11 Å². The summed E-state index contributed by atoms with van der Waals surface area (Å²) in [5, 5.41) is 23.4. The maximum atomic E-state index is 12.3. The number of carboxylic acids is 1. The van der Waals surface area contributed by atoms with Crippen molar-refractivity contribution in [2.75, 3.05) is 17.6 Å². The minimum atomic E-state index is -1.13. The summed E-state index contributed by atoms with van der Waals surface area (Å²) in [6.07, 6.45) is 0. The normalized spacial score (nSPS) is 10.9. The van der Waals surface area contributed by atoms with E-state index in [0.29, 0.717) is 27.6 Å². The van der Waals surface area contributed by atoms with Crippen molar-refractivity contribution in [3.05, 3.63) is 54.1 Å². The standard InChI is InChI=1S/C21H18N6O4S/c1-27-15-5-3-2-4-14(15)18-19(27)24-21(26-25-18)32-11-16(28)23-13-8-6-12(7-9-13)20(31)22-10-17(29)30/h2-9H,10-11H2,1H3,(H,22,31)(H,23,28)(H,29,30). The number of benzene rings is 2. The summed E-state index contributed by atoms with van der Waals surface area (Å²) in [7, 11) is 1.91. The van der Waals surface area contributed by atoms with Crippen LogP contribution >= 0.6 is 11.8 Å². The first-order valence-electron chi connectivity index (χ1n) is 9.53. The van der Waals surface area contributed by atoms with Crippen LogP contribution in [-0.4, -0.2) is 54.9 Å². The van der Waals surface area contributed by atoms with E-state index in [1.165, 1.54) is 23.9 Å². The Balaban J connectivity index is 1.37. The lowest BCUT2D eigenvalue weighted by Crippen LogP contribution is -2.29. The quantitative estimate of drug-likeness (QED) is 0.364. The number of nitrogens with one attached hydrogen (secondary N) is 2. The van der Waals surface area contributed by atoms with Gasteiger partial charge in [0, 0.05) is 23.7 Å². The van der Waals surface area contributed by atoms with Crippen LogP contribution in [0.25, 0.3) is 22.1 Å². The van der Waals surface area contributed by atoms with Crippen molar-refractivity contribution in [3.8, 4) is 0 Å². The molecule has 2 amide bonds. The number of carboxylic acid groups (broad SMARTS) is 1. The highest BCUT2D eigenvalue weighted by Crippen LogP contribution is 2.25. The fourth-order valence-electron chi connectivity index (χ4n) is 3.14. The van der Waals surface area contributed by atoms with E-state index in [9.17, 15) is 14.4 Å². The first-order valence-corrected chi connectivity index (χ1v) is 10.5. The van der Waals surface area contributed by atoms with E-state index in [2.05, 4.69) is 25.8 Å². The molecule has 0 aliphatic carbocycles. The van der Waals surface area contributed by atoms with Crippen LogP contribution < -0.4 is 10.6 Å². The molecule has 0 spiro atoms. The number of aliphatic carboxylic acids is 1. The van der Waals surface area contributed by atoms with Crippen LogP contribution in [0.3, 0.4) is 0 Å². The molecule has 0 fully saturated rings. The van der Waals surface area contributed by atoms with Crippen molar-refractivity contribution in [2.45, 2.75) is 5.16 Å². The lowest BCUT2D eigenvalue weighted by Gasteiger charge is -2.06. The van der Waals surface area contributed by atoms with Gasteiger partial charge in [0.2, 0.25) is 11.1 Å². The summed E-state index contributed by atoms with van der Waals surface area (Å²) in [5.74, 6) is -1.82. The maximum absolute atomic E-state index is 12.3. The van der Waals surface area contributed by atoms with Crippen LogP contribution in [0.4, 0.5) is 5.69 Å². The molecule has 4 aromatic rings. The summed E-state index contributed by atoms with van der Waals surface area (Å²) in [6.45, 7) is -0.462. The van der Waals surface area contributed by atoms with Gasteiger partial charge in [-0.2, -0.15) is 0 Å². The number of para-hydroxylation sites is 1. The number of amides is 2. The van der Waals surface area contributed by atoms with E-state index in [1.807, 2.05) is 35.9 Å². The third kappa shape index (κ3) is 4.52. The number of hydrogen-bond donors (Lipinski definition) is 3. The molecule has 162 valence electrons. The third-order valence-electron chi connectivity index (χ3n) is 4.65. The van der Waals surface area contributed by atoms with Crippen molar-refractivity contribution < 1.29 is 19.5 Å². The Bertz CT molecular complexity index is 1340. The molecule has 0 radical (unpaired) electrons. The Morgan fingerprint density at radius 2 is 1.81 bits per heavy atom. The second-order valence-corrected chi connectivity index (χ2v) is 7.78. The Hall–Kier alpha value is -3.99.